The van der Waals surface area contributed by atoms with Crippen LogP contribution in [0.25, 0.3) is 0 Å². The highest BCUT2D eigenvalue weighted by Gasteiger charge is 2.20. The Kier molecular flexibility index (Phi) is 8.50. The molecule has 0 fully saturated rings. The monoisotopic (exact) mass is 363 g/mol. The summed E-state index contributed by atoms with van der Waals surface area (Å²) in [5.41, 5.74) is 1.71. The topological polar surface area (TPSA) is 37.4 Å². The highest BCUT2D eigenvalue weighted by Crippen LogP contribution is 2.17. The molecule has 0 unspecified atom stereocenters. The second-order valence-corrected chi connectivity index (χ2v) is 6.65. The predicted molar refractivity (Wildman–Crippen MR) is 111 cm³/mol. The Morgan fingerprint density at radius 2 is 1.26 bits per heavy atom. The zero-order valence-corrected chi connectivity index (χ0v) is 16.4. The highest BCUT2D eigenvalue weighted by molar-refractivity contribution is 6.14. The molecule has 3 heteroatoms. The molecule has 0 aliphatic heterocycles. The Balaban J connectivity index is 2.40. The van der Waals surface area contributed by atoms with E-state index in [0.29, 0.717) is 16.8 Å². The predicted octanol–water partition coefficient (Wildman–Crippen LogP) is 5.54. The number of allylic oxidation sites excluding steroid dienone is 2. The first-order chi connectivity index (χ1) is 13.2. The molecule has 0 aliphatic carbocycles. The molecule has 2 rings (SSSR count). The quantitative estimate of drug-likeness (QED) is 0.389. The van der Waals surface area contributed by atoms with Crippen LogP contribution in [0.5, 0.6) is 0 Å². The minimum atomic E-state index is -0.132. The third kappa shape index (κ3) is 6.21. The molecule has 0 spiro atoms. The van der Waals surface area contributed by atoms with Gasteiger partial charge in [-0.1, -0.05) is 87.4 Å². The van der Waals surface area contributed by atoms with Crippen molar-refractivity contribution in [1.82, 2.24) is 4.90 Å². The molecule has 2 aromatic rings. The average Bonchev–Trinajstić information content (AvgIpc) is 2.73. The fraction of sp³-hybridized carbons (Fsp3) is 0.333. The number of rotatable bonds is 11. The summed E-state index contributed by atoms with van der Waals surface area (Å²) in [7, 11) is 0. The van der Waals surface area contributed by atoms with E-state index in [0.717, 1.165) is 38.8 Å². The molecule has 2 aromatic carbocycles. The van der Waals surface area contributed by atoms with Gasteiger partial charge in [0.15, 0.2) is 5.78 Å². The zero-order valence-electron chi connectivity index (χ0n) is 16.4. The van der Waals surface area contributed by atoms with Crippen LogP contribution >= 0.6 is 0 Å². The Morgan fingerprint density at radius 1 is 0.778 bits per heavy atom. The van der Waals surface area contributed by atoms with Crippen molar-refractivity contribution >= 4 is 11.6 Å². The van der Waals surface area contributed by atoms with Crippen molar-refractivity contribution in [1.29, 1.82) is 0 Å². The third-order valence-corrected chi connectivity index (χ3v) is 4.50. The van der Waals surface area contributed by atoms with E-state index in [1.54, 1.807) is 24.3 Å². The first-order valence-electron chi connectivity index (χ1n) is 9.83. The Labute approximate surface area is 162 Å². The van der Waals surface area contributed by atoms with Gasteiger partial charge in [-0.2, -0.15) is 0 Å². The number of carbonyl (C=O) groups excluding carboxylic acids is 2. The lowest BCUT2D eigenvalue weighted by Gasteiger charge is -2.26. The maximum absolute atomic E-state index is 13.2. The largest absolute Gasteiger partial charge is 0.368 e. The number of hydrogen-bond acceptors (Lipinski definition) is 3. The summed E-state index contributed by atoms with van der Waals surface area (Å²) in [6, 6.07) is 18.3. The van der Waals surface area contributed by atoms with E-state index < -0.39 is 0 Å². The SMILES string of the molecule is CCCCN(CCCC)C(=CC(=O)c1ccccc1)C(=O)c1ccccc1. The molecule has 0 amide bonds. The summed E-state index contributed by atoms with van der Waals surface area (Å²) < 4.78 is 0. The fourth-order valence-corrected chi connectivity index (χ4v) is 2.90. The van der Waals surface area contributed by atoms with Crippen LogP contribution in [0.1, 0.15) is 60.2 Å². The standard InChI is InChI=1S/C24H29NO2/c1-3-5-17-25(18-6-4-2)22(24(27)21-15-11-8-12-16-21)19-23(26)20-13-9-7-10-14-20/h7-16,19H,3-6,17-18H2,1-2H3. The smallest absolute Gasteiger partial charge is 0.209 e. The van der Waals surface area contributed by atoms with Gasteiger partial charge in [0.1, 0.15) is 0 Å². The molecule has 0 aromatic heterocycles. The second kappa shape index (κ2) is 11.1. The normalized spacial score (nSPS) is 11.3. The van der Waals surface area contributed by atoms with Crippen LogP contribution in [-0.2, 0) is 0 Å². The highest BCUT2D eigenvalue weighted by atomic mass is 16.1. The van der Waals surface area contributed by atoms with Crippen molar-refractivity contribution in [2.45, 2.75) is 39.5 Å². The van der Waals surface area contributed by atoms with Crippen molar-refractivity contribution in [3.05, 3.63) is 83.6 Å². The Bertz CT molecular complexity index is 742. The zero-order chi connectivity index (χ0) is 19.5. The number of nitrogens with zero attached hydrogens (tertiary/aromatic N) is 1. The molecule has 0 saturated heterocycles. The minimum Gasteiger partial charge on any atom is -0.368 e. The number of Topliss-reactive ketones (excluding diaryl/α,β-unsaturated/α-hetero) is 1. The van der Waals surface area contributed by atoms with Gasteiger partial charge in [-0.05, 0) is 12.8 Å². The molecule has 0 aliphatic rings. The number of benzene rings is 2. The second-order valence-electron chi connectivity index (χ2n) is 6.65. The van der Waals surface area contributed by atoms with E-state index in [4.69, 9.17) is 0 Å². The summed E-state index contributed by atoms with van der Waals surface area (Å²) >= 11 is 0. The number of carbonyl (C=O) groups is 2. The van der Waals surface area contributed by atoms with Crippen LogP contribution in [0.2, 0.25) is 0 Å². The van der Waals surface area contributed by atoms with E-state index in [2.05, 4.69) is 18.7 Å². The number of ketones is 2. The van der Waals surface area contributed by atoms with Crippen LogP contribution in [-0.4, -0.2) is 29.6 Å². The van der Waals surface area contributed by atoms with Crippen molar-refractivity contribution < 1.29 is 9.59 Å². The average molecular weight is 364 g/mol. The van der Waals surface area contributed by atoms with Gasteiger partial charge in [-0.3, -0.25) is 9.59 Å². The summed E-state index contributed by atoms with van der Waals surface area (Å²) in [4.78, 5) is 28.1. The molecule has 0 atom stereocenters. The lowest BCUT2D eigenvalue weighted by molar-refractivity contribution is 0.0971. The molecule has 27 heavy (non-hydrogen) atoms. The van der Waals surface area contributed by atoms with E-state index in [1.807, 2.05) is 36.4 Å². The maximum Gasteiger partial charge on any atom is 0.209 e. The van der Waals surface area contributed by atoms with Gasteiger partial charge in [0, 0.05) is 30.3 Å². The van der Waals surface area contributed by atoms with Gasteiger partial charge >= 0.3 is 0 Å². The first kappa shape index (κ1) is 20.6. The summed E-state index contributed by atoms with van der Waals surface area (Å²) in [5, 5.41) is 0. The van der Waals surface area contributed by atoms with E-state index in [9.17, 15) is 9.59 Å². The van der Waals surface area contributed by atoms with E-state index in [-0.39, 0.29) is 11.6 Å². The van der Waals surface area contributed by atoms with E-state index in [1.165, 1.54) is 6.08 Å². The Morgan fingerprint density at radius 3 is 1.74 bits per heavy atom. The van der Waals surface area contributed by atoms with Crippen LogP contribution in [0.4, 0.5) is 0 Å². The molecule has 0 saturated carbocycles. The first-order valence-corrected chi connectivity index (χ1v) is 9.83. The van der Waals surface area contributed by atoms with Crippen molar-refractivity contribution in [2.24, 2.45) is 0 Å². The summed E-state index contributed by atoms with van der Waals surface area (Å²) in [6.07, 6.45) is 5.59. The van der Waals surface area contributed by atoms with Crippen LogP contribution in [0.3, 0.4) is 0 Å². The molecular weight excluding hydrogens is 334 g/mol. The molecule has 3 nitrogen and oxygen atoms in total. The molecule has 0 heterocycles. The molecule has 0 radical (unpaired) electrons. The van der Waals surface area contributed by atoms with Gasteiger partial charge in [0.05, 0.1) is 5.70 Å². The summed E-state index contributed by atoms with van der Waals surface area (Å²) in [6.45, 7) is 5.83. The molecular formula is C24H29NO2. The maximum atomic E-state index is 13.2. The summed E-state index contributed by atoms with van der Waals surface area (Å²) in [5.74, 6) is -0.222. The van der Waals surface area contributed by atoms with E-state index >= 15 is 0 Å². The molecule has 0 N–H and O–H groups in total. The molecule has 0 bridgehead atoms. The van der Waals surface area contributed by atoms with Crippen molar-refractivity contribution in [2.75, 3.05) is 13.1 Å². The van der Waals surface area contributed by atoms with Crippen molar-refractivity contribution in [3.63, 3.8) is 0 Å². The Hall–Kier alpha value is -2.68. The van der Waals surface area contributed by atoms with Crippen LogP contribution in [0.15, 0.2) is 72.4 Å². The van der Waals surface area contributed by atoms with Crippen LogP contribution < -0.4 is 0 Å². The minimum absolute atomic E-state index is 0.0907. The number of unbranched alkanes of at least 4 members (excludes halogenated alkanes) is 2. The van der Waals surface area contributed by atoms with Crippen molar-refractivity contribution in [3.8, 4) is 0 Å². The van der Waals surface area contributed by atoms with Gasteiger partial charge in [0.25, 0.3) is 0 Å². The number of hydrogen-bond donors (Lipinski definition) is 0. The van der Waals surface area contributed by atoms with Gasteiger partial charge in [-0.15, -0.1) is 0 Å². The third-order valence-electron chi connectivity index (χ3n) is 4.50. The molecule has 142 valence electrons. The van der Waals surface area contributed by atoms with Gasteiger partial charge in [0.2, 0.25) is 5.78 Å². The lowest BCUT2D eigenvalue weighted by Crippen LogP contribution is -2.30. The van der Waals surface area contributed by atoms with Gasteiger partial charge in [-0.25, -0.2) is 0 Å². The lowest BCUT2D eigenvalue weighted by atomic mass is 10.0. The van der Waals surface area contributed by atoms with Crippen LogP contribution in [0, 0.1) is 0 Å². The fourth-order valence-electron chi connectivity index (χ4n) is 2.90. The van der Waals surface area contributed by atoms with Gasteiger partial charge < -0.3 is 4.90 Å².